The molecule has 16 heavy (non-hydrogen) atoms. The zero-order valence-corrected chi connectivity index (χ0v) is 9.72. The topological polar surface area (TPSA) is 60.9 Å². The molecule has 0 atom stereocenters. The van der Waals surface area contributed by atoms with Crippen molar-refractivity contribution in [3.05, 3.63) is 18.0 Å². The third-order valence-corrected chi connectivity index (χ3v) is 3.36. The first-order chi connectivity index (χ1) is 7.65. The van der Waals surface area contributed by atoms with Crippen LogP contribution in [0.25, 0.3) is 0 Å². The van der Waals surface area contributed by atoms with E-state index in [1.807, 2.05) is 13.2 Å². The molecular weight excluding hydrogens is 202 g/mol. The molecule has 1 fully saturated rings. The summed E-state index contributed by atoms with van der Waals surface area (Å²) in [4.78, 5) is 12.0. The molecule has 1 aromatic heterocycles. The Kier molecular flexibility index (Phi) is 3.39. The van der Waals surface area contributed by atoms with Crippen LogP contribution >= 0.6 is 0 Å². The third kappa shape index (κ3) is 2.70. The van der Waals surface area contributed by atoms with E-state index >= 15 is 0 Å². The van der Waals surface area contributed by atoms with Gasteiger partial charge in [-0.05, 0) is 31.2 Å². The molecule has 2 N–H and O–H groups in total. The molecular formula is C12H19N3O. The molecule has 1 aromatic rings. The number of aryl methyl sites for hydroxylation is 1. The lowest BCUT2D eigenvalue weighted by Gasteiger charge is -2.24. The van der Waals surface area contributed by atoms with Crippen molar-refractivity contribution >= 4 is 5.78 Å². The highest BCUT2D eigenvalue weighted by molar-refractivity contribution is 5.83. The summed E-state index contributed by atoms with van der Waals surface area (Å²) in [6.07, 6.45) is 8.10. The molecule has 4 heteroatoms. The Morgan fingerprint density at radius 1 is 1.50 bits per heavy atom. The van der Waals surface area contributed by atoms with Crippen LogP contribution < -0.4 is 5.73 Å². The SMILES string of the molecule is Cn1cc(CC(=O)C2CCC(N)CC2)cn1. The average Bonchev–Trinajstić information content (AvgIpc) is 2.65. The molecule has 0 saturated heterocycles. The number of carbonyl (C=O) groups excluding carboxylic acids is 1. The van der Waals surface area contributed by atoms with E-state index < -0.39 is 0 Å². The molecule has 0 unspecified atom stereocenters. The normalized spacial score (nSPS) is 25.6. The van der Waals surface area contributed by atoms with Crippen molar-refractivity contribution in [2.24, 2.45) is 18.7 Å². The van der Waals surface area contributed by atoms with Gasteiger partial charge in [0.15, 0.2) is 0 Å². The van der Waals surface area contributed by atoms with Gasteiger partial charge in [-0.3, -0.25) is 9.48 Å². The lowest BCUT2D eigenvalue weighted by molar-refractivity contribution is -0.123. The zero-order valence-electron chi connectivity index (χ0n) is 9.72. The molecule has 0 radical (unpaired) electrons. The first-order valence-corrected chi connectivity index (χ1v) is 5.91. The van der Waals surface area contributed by atoms with Crippen molar-refractivity contribution in [2.75, 3.05) is 0 Å². The van der Waals surface area contributed by atoms with E-state index in [9.17, 15) is 4.79 Å². The fourth-order valence-corrected chi connectivity index (χ4v) is 2.35. The summed E-state index contributed by atoms with van der Waals surface area (Å²) in [5.74, 6) is 0.569. The second kappa shape index (κ2) is 4.78. The molecule has 2 rings (SSSR count). The molecule has 1 heterocycles. The van der Waals surface area contributed by atoms with Crippen molar-refractivity contribution < 1.29 is 4.79 Å². The van der Waals surface area contributed by atoms with Gasteiger partial charge in [-0.25, -0.2) is 0 Å². The predicted molar refractivity (Wildman–Crippen MR) is 61.9 cm³/mol. The first-order valence-electron chi connectivity index (χ1n) is 5.91. The van der Waals surface area contributed by atoms with E-state index in [1.165, 1.54) is 0 Å². The number of aromatic nitrogens is 2. The maximum absolute atomic E-state index is 12.0. The number of carbonyl (C=O) groups is 1. The highest BCUT2D eigenvalue weighted by atomic mass is 16.1. The molecule has 1 saturated carbocycles. The van der Waals surface area contributed by atoms with Crippen molar-refractivity contribution in [1.82, 2.24) is 9.78 Å². The van der Waals surface area contributed by atoms with Gasteiger partial charge in [-0.1, -0.05) is 0 Å². The molecule has 0 aromatic carbocycles. The number of Topliss-reactive ketones (excluding diaryl/α,β-unsaturated/α-hetero) is 1. The van der Waals surface area contributed by atoms with E-state index in [-0.39, 0.29) is 5.92 Å². The van der Waals surface area contributed by atoms with E-state index in [4.69, 9.17) is 5.73 Å². The van der Waals surface area contributed by atoms with Crippen molar-refractivity contribution in [3.8, 4) is 0 Å². The smallest absolute Gasteiger partial charge is 0.140 e. The largest absolute Gasteiger partial charge is 0.328 e. The van der Waals surface area contributed by atoms with Crippen molar-refractivity contribution in [2.45, 2.75) is 38.1 Å². The Balaban J connectivity index is 1.88. The van der Waals surface area contributed by atoms with Crippen LogP contribution in [0.1, 0.15) is 31.2 Å². The summed E-state index contributed by atoms with van der Waals surface area (Å²) in [7, 11) is 1.87. The number of ketones is 1. The van der Waals surface area contributed by atoms with Gasteiger partial charge in [0, 0.05) is 31.6 Å². The van der Waals surface area contributed by atoms with Crippen LogP contribution in [-0.4, -0.2) is 21.6 Å². The lowest BCUT2D eigenvalue weighted by atomic mass is 9.82. The van der Waals surface area contributed by atoms with Crippen LogP contribution in [0.5, 0.6) is 0 Å². The van der Waals surface area contributed by atoms with Crippen LogP contribution in [0.2, 0.25) is 0 Å². The van der Waals surface area contributed by atoms with Crippen LogP contribution in [0.3, 0.4) is 0 Å². The highest BCUT2D eigenvalue weighted by Gasteiger charge is 2.24. The molecule has 88 valence electrons. The highest BCUT2D eigenvalue weighted by Crippen LogP contribution is 2.24. The van der Waals surface area contributed by atoms with Gasteiger partial charge in [0.25, 0.3) is 0 Å². The second-order valence-electron chi connectivity index (χ2n) is 4.78. The van der Waals surface area contributed by atoms with Crippen molar-refractivity contribution in [1.29, 1.82) is 0 Å². The monoisotopic (exact) mass is 221 g/mol. The number of hydrogen-bond donors (Lipinski definition) is 1. The summed E-state index contributed by atoms with van der Waals surface area (Å²) >= 11 is 0. The zero-order chi connectivity index (χ0) is 11.5. The summed E-state index contributed by atoms with van der Waals surface area (Å²) in [5.41, 5.74) is 6.84. The maximum atomic E-state index is 12.0. The predicted octanol–water partition coefficient (Wildman–Crippen LogP) is 1.05. The minimum Gasteiger partial charge on any atom is -0.328 e. The molecule has 0 bridgehead atoms. The lowest BCUT2D eigenvalue weighted by Crippen LogP contribution is -2.30. The molecule has 1 aliphatic carbocycles. The minimum atomic E-state index is 0.222. The summed E-state index contributed by atoms with van der Waals surface area (Å²) in [5, 5.41) is 4.07. The number of rotatable bonds is 3. The van der Waals surface area contributed by atoms with Gasteiger partial charge in [0.05, 0.1) is 6.20 Å². The number of hydrogen-bond acceptors (Lipinski definition) is 3. The van der Waals surface area contributed by atoms with Crippen LogP contribution in [0.15, 0.2) is 12.4 Å². The van der Waals surface area contributed by atoms with Gasteiger partial charge in [-0.15, -0.1) is 0 Å². The Hall–Kier alpha value is -1.16. The molecule has 0 aliphatic heterocycles. The Labute approximate surface area is 95.8 Å². The number of nitrogens with zero attached hydrogens (tertiary/aromatic N) is 2. The van der Waals surface area contributed by atoms with Crippen LogP contribution in [0.4, 0.5) is 0 Å². The Morgan fingerprint density at radius 3 is 2.75 bits per heavy atom. The standard InChI is InChI=1S/C12H19N3O/c1-15-8-9(7-14-15)6-12(16)10-2-4-11(13)5-3-10/h7-8,10-11H,2-6,13H2,1H3. The van der Waals surface area contributed by atoms with Gasteiger partial charge < -0.3 is 5.73 Å². The van der Waals surface area contributed by atoms with E-state index in [0.29, 0.717) is 18.2 Å². The third-order valence-electron chi connectivity index (χ3n) is 3.36. The van der Waals surface area contributed by atoms with E-state index in [2.05, 4.69) is 5.10 Å². The molecule has 4 nitrogen and oxygen atoms in total. The first kappa shape index (κ1) is 11.3. The minimum absolute atomic E-state index is 0.222. The quantitative estimate of drug-likeness (QED) is 0.830. The van der Waals surface area contributed by atoms with Gasteiger partial charge >= 0.3 is 0 Å². The van der Waals surface area contributed by atoms with Gasteiger partial charge in [0.1, 0.15) is 5.78 Å². The fraction of sp³-hybridized carbons (Fsp3) is 0.667. The van der Waals surface area contributed by atoms with E-state index in [1.54, 1.807) is 10.9 Å². The van der Waals surface area contributed by atoms with Crippen LogP contribution in [-0.2, 0) is 18.3 Å². The second-order valence-corrected chi connectivity index (χ2v) is 4.78. The Bertz CT molecular complexity index is 364. The summed E-state index contributed by atoms with van der Waals surface area (Å²) < 4.78 is 1.74. The van der Waals surface area contributed by atoms with Gasteiger partial charge in [0.2, 0.25) is 0 Å². The van der Waals surface area contributed by atoms with E-state index in [0.717, 1.165) is 31.2 Å². The summed E-state index contributed by atoms with van der Waals surface area (Å²) in [6, 6.07) is 0.308. The molecule has 0 spiro atoms. The fourth-order valence-electron chi connectivity index (χ4n) is 2.35. The van der Waals surface area contributed by atoms with Gasteiger partial charge in [-0.2, -0.15) is 5.10 Å². The molecule has 0 amide bonds. The maximum Gasteiger partial charge on any atom is 0.140 e. The van der Waals surface area contributed by atoms with Crippen LogP contribution in [0, 0.1) is 5.92 Å². The molecule has 1 aliphatic rings. The summed E-state index contributed by atoms with van der Waals surface area (Å²) in [6.45, 7) is 0. The average molecular weight is 221 g/mol. The number of nitrogens with two attached hydrogens (primary N) is 1. The van der Waals surface area contributed by atoms with Crippen molar-refractivity contribution in [3.63, 3.8) is 0 Å². The Morgan fingerprint density at radius 2 is 2.19 bits per heavy atom.